The Morgan fingerprint density at radius 2 is 2.23 bits per heavy atom. The third kappa shape index (κ3) is 1.90. The second-order valence-corrected chi connectivity index (χ2v) is 5.63. The quantitative estimate of drug-likeness (QED) is 0.779. The molecule has 0 unspecified atom stereocenters. The summed E-state index contributed by atoms with van der Waals surface area (Å²) < 4.78 is 36.9. The summed E-state index contributed by atoms with van der Waals surface area (Å²) in [5.74, 6) is -0.676. The van der Waals surface area contributed by atoms with E-state index in [9.17, 15) is 12.8 Å². The molecule has 13 heavy (non-hydrogen) atoms. The summed E-state index contributed by atoms with van der Waals surface area (Å²) in [6.45, 7) is 2.03. The molecule has 0 amide bonds. The average molecular weight is 223 g/mol. The van der Waals surface area contributed by atoms with Crippen LogP contribution >= 0.6 is 11.3 Å². The minimum absolute atomic E-state index is 0.211. The van der Waals surface area contributed by atoms with E-state index in [1.54, 1.807) is 6.92 Å². The maximum Gasteiger partial charge on any atom is 0.255 e. The third-order valence-electron chi connectivity index (χ3n) is 1.67. The van der Waals surface area contributed by atoms with E-state index >= 15 is 0 Å². The molecule has 0 fully saturated rings. The molecule has 6 heteroatoms. The van der Waals surface area contributed by atoms with Crippen molar-refractivity contribution in [3.63, 3.8) is 0 Å². The van der Waals surface area contributed by atoms with Crippen LogP contribution in [0.1, 0.15) is 6.92 Å². The van der Waals surface area contributed by atoms with Gasteiger partial charge in [-0.25, -0.2) is 17.1 Å². The Hall–Kier alpha value is -0.460. The zero-order valence-electron chi connectivity index (χ0n) is 7.32. The Labute approximate surface area is 80.9 Å². The van der Waals surface area contributed by atoms with E-state index in [-0.39, 0.29) is 4.21 Å². The molecule has 3 nitrogen and oxygen atoms in total. The van der Waals surface area contributed by atoms with E-state index in [0.29, 0.717) is 6.54 Å². The van der Waals surface area contributed by atoms with Crippen LogP contribution in [0, 0.1) is 5.82 Å². The first-order chi connectivity index (χ1) is 6.00. The highest BCUT2D eigenvalue weighted by Crippen LogP contribution is 2.23. The molecule has 0 N–H and O–H groups in total. The lowest BCUT2D eigenvalue weighted by molar-refractivity contribution is 0.481. The van der Waals surface area contributed by atoms with E-state index in [1.165, 1.54) is 12.4 Å². The monoisotopic (exact) mass is 223 g/mol. The zero-order chi connectivity index (χ0) is 10.1. The van der Waals surface area contributed by atoms with Gasteiger partial charge in [0, 0.05) is 13.6 Å². The fourth-order valence-electron chi connectivity index (χ4n) is 0.775. The number of hydrogen-bond donors (Lipinski definition) is 0. The van der Waals surface area contributed by atoms with Crippen molar-refractivity contribution < 1.29 is 12.8 Å². The predicted molar refractivity (Wildman–Crippen MR) is 49.8 cm³/mol. The molecule has 0 aromatic carbocycles. The van der Waals surface area contributed by atoms with Gasteiger partial charge in [0.1, 0.15) is 0 Å². The van der Waals surface area contributed by atoms with Gasteiger partial charge < -0.3 is 0 Å². The number of hydrogen-bond acceptors (Lipinski definition) is 3. The zero-order valence-corrected chi connectivity index (χ0v) is 8.95. The molecule has 0 atom stereocenters. The number of sulfonamides is 1. The molecule has 0 saturated carbocycles. The minimum Gasteiger partial charge on any atom is -0.206 e. The molecule has 1 rings (SSSR count). The van der Waals surface area contributed by atoms with Crippen LogP contribution in [0.3, 0.4) is 0 Å². The second-order valence-electron chi connectivity index (χ2n) is 2.48. The summed E-state index contributed by atoms with van der Waals surface area (Å²) in [4.78, 5) is 0. The number of thiophene rings is 1. The van der Waals surface area contributed by atoms with Crippen LogP contribution in [-0.2, 0) is 10.0 Å². The van der Waals surface area contributed by atoms with Crippen LogP contribution < -0.4 is 0 Å². The molecular weight excluding hydrogens is 213 g/mol. The summed E-state index contributed by atoms with van der Waals surface area (Å²) in [5, 5.41) is 1.42. The Kier molecular flexibility index (Phi) is 3.05. The van der Waals surface area contributed by atoms with Crippen LogP contribution in [-0.4, -0.2) is 26.3 Å². The lowest BCUT2D eigenvalue weighted by atomic mass is 10.6. The highest BCUT2D eigenvalue weighted by atomic mass is 32.2. The normalized spacial score (nSPS) is 12.3. The van der Waals surface area contributed by atoms with Gasteiger partial charge in [0.25, 0.3) is 10.0 Å². The van der Waals surface area contributed by atoms with Crippen LogP contribution in [0.4, 0.5) is 4.39 Å². The van der Waals surface area contributed by atoms with E-state index in [1.807, 2.05) is 0 Å². The summed E-state index contributed by atoms with van der Waals surface area (Å²) in [6, 6.07) is 1.15. The van der Waals surface area contributed by atoms with Gasteiger partial charge >= 0.3 is 0 Å². The molecule has 1 aromatic heterocycles. The number of rotatable bonds is 3. The molecule has 0 aliphatic heterocycles. The molecule has 1 heterocycles. The molecule has 74 valence electrons. The van der Waals surface area contributed by atoms with E-state index < -0.39 is 15.8 Å². The van der Waals surface area contributed by atoms with Gasteiger partial charge in [-0.05, 0) is 11.4 Å². The van der Waals surface area contributed by atoms with Gasteiger partial charge in [-0.2, -0.15) is 0 Å². The van der Waals surface area contributed by atoms with Crippen molar-refractivity contribution in [2.24, 2.45) is 0 Å². The molecule has 1 aromatic rings. The first kappa shape index (κ1) is 10.6. The van der Waals surface area contributed by atoms with Gasteiger partial charge in [-0.1, -0.05) is 6.92 Å². The fraction of sp³-hybridized carbons (Fsp3) is 0.429. The maximum atomic E-state index is 12.9. The lowest BCUT2D eigenvalue weighted by Crippen LogP contribution is -2.26. The van der Waals surface area contributed by atoms with Gasteiger partial charge in [-0.3, -0.25) is 0 Å². The minimum atomic E-state index is -3.60. The molecule has 0 saturated heterocycles. The Morgan fingerprint density at radius 1 is 1.62 bits per heavy atom. The highest BCUT2D eigenvalue weighted by Gasteiger charge is 2.24. The molecule has 0 aliphatic rings. The van der Waals surface area contributed by atoms with Crippen molar-refractivity contribution in [1.29, 1.82) is 0 Å². The van der Waals surface area contributed by atoms with Crippen LogP contribution in [0.5, 0.6) is 0 Å². The predicted octanol–water partition coefficient (Wildman–Crippen LogP) is 1.53. The summed E-state index contributed by atoms with van der Waals surface area (Å²) in [6.07, 6.45) is 0. The summed E-state index contributed by atoms with van der Waals surface area (Å²) >= 11 is 0.896. The molecular formula is C7H10FNO2S2. The van der Waals surface area contributed by atoms with E-state index in [2.05, 4.69) is 0 Å². The first-order valence-corrected chi connectivity index (χ1v) is 6.01. The first-order valence-electron chi connectivity index (χ1n) is 3.69. The number of nitrogens with zero attached hydrogens (tertiary/aromatic N) is 1. The Balaban J connectivity index is 3.16. The summed E-state index contributed by atoms with van der Waals surface area (Å²) in [5.41, 5.74) is 0. The van der Waals surface area contributed by atoms with Crippen molar-refractivity contribution in [3.8, 4) is 0 Å². The average Bonchev–Trinajstić information content (AvgIpc) is 2.50. The topological polar surface area (TPSA) is 37.4 Å². The Morgan fingerprint density at radius 3 is 2.62 bits per heavy atom. The van der Waals surface area contributed by atoms with E-state index in [0.717, 1.165) is 21.7 Å². The van der Waals surface area contributed by atoms with Crippen LogP contribution in [0.15, 0.2) is 15.7 Å². The highest BCUT2D eigenvalue weighted by molar-refractivity contribution is 7.91. The third-order valence-corrected chi connectivity index (χ3v) is 5.02. The lowest BCUT2D eigenvalue weighted by Gasteiger charge is -2.12. The van der Waals surface area contributed by atoms with Crippen LogP contribution in [0.25, 0.3) is 0 Å². The maximum absolute atomic E-state index is 12.9. The van der Waals surface area contributed by atoms with Gasteiger partial charge in [-0.15, -0.1) is 11.3 Å². The van der Waals surface area contributed by atoms with Gasteiger partial charge in [0.05, 0.1) is 0 Å². The molecule has 0 aliphatic carbocycles. The molecule has 0 spiro atoms. The SMILES string of the molecule is CCN(C)S(=O)(=O)c1sccc1F. The fourth-order valence-corrected chi connectivity index (χ4v) is 3.24. The number of halogens is 1. The van der Waals surface area contributed by atoms with E-state index in [4.69, 9.17) is 0 Å². The standard InChI is InChI=1S/C7H10FNO2S2/c1-3-9(2)13(10,11)7-6(8)4-5-12-7/h4-5H,3H2,1-2H3. The smallest absolute Gasteiger partial charge is 0.206 e. The second kappa shape index (κ2) is 3.73. The van der Waals surface area contributed by atoms with Gasteiger partial charge in [0.15, 0.2) is 10.0 Å². The van der Waals surface area contributed by atoms with Crippen molar-refractivity contribution in [1.82, 2.24) is 4.31 Å². The molecule has 0 bridgehead atoms. The van der Waals surface area contributed by atoms with Crippen molar-refractivity contribution in [2.75, 3.05) is 13.6 Å². The van der Waals surface area contributed by atoms with Crippen molar-refractivity contribution in [2.45, 2.75) is 11.1 Å². The van der Waals surface area contributed by atoms with Crippen molar-refractivity contribution in [3.05, 3.63) is 17.3 Å². The largest absolute Gasteiger partial charge is 0.255 e. The van der Waals surface area contributed by atoms with Gasteiger partial charge in [0.2, 0.25) is 0 Å². The summed E-state index contributed by atoms with van der Waals surface area (Å²) in [7, 11) is -2.17. The van der Waals surface area contributed by atoms with Crippen LogP contribution in [0.2, 0.25) is 0 Å². The van der Waals surface area contributed by atoms with Crippen molar-refractivity contribution >= 4 is 21.4 Å². The Bertz CT molecular complexity index is 385. The molecule has 0 radical (unpaired) electrons.